The summed E-state index contributed by atoms with van der Waals surface area (Å²) in [6, 6.07) is 19.9. The quantitative estimate of drug-likeness (QED) is 0.289. The van der Waals surface area contributed by atoms with Crippen LogP contribution >= 0.6 is 0 Å². The van der Waals surface area contributed by atoms with Crippen LogP contribution in [-0.4, -0.2) is 71.4 Å². The Bertz CT molecular complexity index is 1360. The minimum atomic E-state index is -2.36. The highest BCUT2D eigenvalue weighted by Gasteiger charge is 2.74. The van der Waals surface area contributed by atoms with Crippen molar-refractivity contribution in [1.29, 1.82) is 0 Å². The summed E-state index contributed by atoms with van der Waals surface area (Å²) in [5.41, 5.74) is -0.594. The summed E-state index contributed by atoms with van der Waals surface area (Å²) in [4.78, 5) is 13.8. The van der Waals surface area contributed by atoms with Crippen LogP contribution < -0.4 is 5.32 Å². The third-order valence-electron chi connectivity index (χ3n) is 10.2. The predicted octanol–water partition coefficient (Wildman–Crippen LogP) is 5.19. The fourth-order valence-corrected chi connectivity index (χ4v) is 7.99. The zero-order valence-corrected chi connectivity index (χ0v) is 28.7. The van der Waals surface area contributed by atoms with Crippen molar-refractivity contribution in [2.45, 2.75) is 121 Å². The highest BCUT2D eigenvalue weighted by Crippen LogP contribution is 2.61. The van der Waals surface area contributed by atoms with Crippen molar-refractivity contribution in [3.05, 3.63) is 83.6 Å². The number of carbonyl (C=O) groups excluding carboxylic acids is 1. The van der Waals surface area contributed by atoms with E-state index in [1.165, 1.54) is 4.90 Å². The SMILES string of the molecule is CC1=CN([C@@H]2O[C@@](COCc3ccccc3)(C3(O[Si](C)(C)C(C)(C)C)CC3)[C@@](C)(OCc3ccccc3)CC2O)C(O)NC1=O. The van der Waals surface area contributed by atoms with E-state index in [-0.39, 0.29) is 24.0 Å². The molecule has 3 N–H and O–H groups in total. The van der Waals surface area contributed by atoms with Gasteiger partial charge in [0.15, 0.2) is 20.1 Å². The predicted molar refractivity (Wildman–Crippen MR) is 174 cm³/mol. The van der Waals surface area contributed by atoms with Gasteiger partial charge in [-0.15, -0.1) is 0 Å². The van der Waals surface area contributed by atoms with E-state index in [0.29, 0.717) is 18.8 Å². The minimum absolute atomic E-state index is 0.0727. The van der Waals surface area contributed by atoms with Crippen LogP contribution in [0.15, 0.2) is 72.4 Å². The number of nitrogens with one attached hydrogen (secondary N) is 1. The van der Waals surface area contributed by atoms with E-state index in [4.69, 9.17) is 18.6 Å². The van der Waals surface area contributed by atoms with Gasteiger partial charge in [-0.3, -0.25) is 4.79 Å². The molecule has 2 aromatic rings. The lowest BCUT2D eigenvalue weighted by Gasteiger charge is -2.60. The van der Waals surface area contributed by atoms with E-state index >= 15 is 0 Å². The number of amides is 1. The number of benzene rings is 2. The van der Waals surface area contributed by atoms with Gasteiger partial charge < -0.3 is 39.1 Å². The molecule has 9 nitrogen and oxygen atoms in total. The number of ether oxygens (including phenoxy) is 3. The first-order chi connectivity index (χ1) is 21.1. The molecule has 5 atom stereocenters. The van der Waals surface area contributed by atoms with Crippen molar-refractivity contribution in [2.24, 2.45) is 0 Å². The first-order valence-electron chi connectivity index (χ1n) is 15.9. The molecule has 45 heavy (non-hydrogen) atoms. The molecule has 0 radical (unpaired) electrons. The van der Waals surface area contributed by atoms with Crippen LogP contribution in [0, 0.1) is 0 Å². The summed E-state index contributed by atoms with van der Waals surface area (Å²) >= 11 is 0. The summed E-state index contributed by atoms with van der Waals surface area (Å²) in [6.45, 7) is 15.6. The molecule has 2 heterocycles. The van der Waals surface area contributed by atoms with E-state index in [9.17, 15) is 15.0 Å². The molecule has 2 aromatic carbocycles. The average Bonchev–Trinajstić information content (AvgIpc) is 3.76. The third-order valence-corrected chi connectivity index (χ3v) is 14.7. The molecular weight excluding hydrogens is 588 g/mol. The largest absolute Gasteiger partial charge is 0.408 e. The lowest BCUT2D eigenvalue weighted by Crippen LogP contribution is -2.76. The average molecular weight is 639 g/mol. The molecule has 10 heteroatoms. The molecule has 1 saturated carbocycles. The van der Waals surface area contributed by atoms with Crippen LogP contribution in [0.4, 0.5) is 0 Å². The van der Waals surface area contributed by atoms with Gasteiger partial charge in [0, 0.05) is 18.2 Å². The van der Waals surface area contributed by atoms with Crippen molar-refractivity contribution < 1.29 is 33.6 Å². The number of nitrogens with zero attached hydrogens (tertiary/aromatic N) is 1. The first kappa shape index (κ1) is 33.8. The topological polar surface area (TPSA) is 110 Å². The fraction of sp³-hybridized carbons (Fsp3) is 0.571. The summed E-state index contributed by atoms with van der Waals surface area (Å²) in [6.07, 6.45) is -0.254. The van der Waals surface area contributed by atoms with Crippen molar-refractivity contribution in [3.63, 3.8) is 0 Å². The van der Waals surface area contributed by atoms with Crippen molar-refractivity contribution in [2.75, 3.05) is 6.61 Å². The van der Waals surface area contributed by atoms with E-state index in [0.717, 1.165) is 24.0 Å². The molecule has 2 aliphatic heterocycles. The first-order valence-corrected chi connectivity index (χ1v) is 18.8. The molecule has 1 amide bonds. The molecular formula is C35H50N2O7Si. The van der Waals surface area contributed by atoms with Crippen molar-refractivity contribution in [3.8, 4) is 0 Å². The van der Waals surface area contributed by atoms with Crippen LogP contribution in [0.1, 0.15) is 65.0 Å². The Labute approximate surface area is 268 Å². The van der Waals surface area contributed by atoms with E-state index in [2.05, 4.69) is 39.2 Å². The fourth-order valence-electron chi connectivity index (χ4n) is 6.33. The maximum Gasteiger partial charge on any atom is 0.251 e. The second-order valence-corrected chi connectivity index (χ2v) is 19.3. The number of aliphatic hydroxyl groups is 2. The lowest BCUT2D eigenvalue weighted by atomic mass is 9.72. The molecule has 5 rings (SSSR count). The second-order valence-electron chi connectivity index (χ2n) is 14.6. The van der Waals surface area contributed by atoms with Crippen LogP contribution in [0.2, 0.25) is 18.1 Å². The molecule has 0 spiro atoms. The number of hydrogen-bond acceptors (Lipinski definition) is 8. The number of rotatable bonds is 11. The third kappa shape index (κ3) is 6.65. The van der Waals surface area contributed by atoms with Gasteiger partial charge in [-0.1, -0.05) is 81.4 Å². The summed E-state index contributed by atoms with van der Waals surface area (Å²) in [5.74, 6) is -0.377. The molecule has 0 bridgehead atoms. The standard InChI is InChI=1S/C35H50N2O7Si/c1-25-21-37(31(40)36-29(25)39)30-28(38)20-33(5,42-23-27-16-12-9-13-17-27)35(43-30,24-41-22-26-14-10-8-11-15-26)34(18-19-34)44-45(6,7)32(2,3)4/h8-17,21,28,30-31,38,40H,18-20,22-24H2,1-7H3,(H,36,39)/t28?,30-,31?,33+,35-/m1/s1. The van der Waals surface area contributed by atoms with Gasteiger partial charge in [-0.2, -0.15) is 0 Å². The van der Waals surface area contributed by atoms with Gasteiger partial charge in [0.2, 0.25) is 6.35 Å². The Morgan fingerprint density at radius 1 is 1.00 bits per heavy atom. The Hall–Kier alpha value is -2.57. The monoisotopic (exact) mass is 638 g/mol. The summed E-state index contributed by atoms with van der Waals surface area (Å²) in [7, 11) is -2.36. The summed E-state index contributed by atoms with van der Waals surface area (Å²) in [5, 5.41) is 25.2. The van der Waals surface area contributed by atoms with Gasteiger partial charge in [0.05, 0.1) is 25.4 Å². The maximum atomic E-state index is 12.3. The van der Waals surface area contributed by atoms with Crippen LogP contribution in [-0.2, 0) is 36.6 Å². The molecule has 2 fully saturated rings. The lowest BCUT2D eigenvalue weighted by molar-refractivity contribution is -0.353. The zero-order valence-electron chi connectivity index (χ0n) is 27.7. The number of aliphatic hydroxyl groups excluding tert-OH is 2. The molecule has 246 valence electrons. The van der Waals surface area contributed by atoms with Gasteiger partial charge >= 0.3 is 0 Å². The van der Waals surface area contributed by atoms with E-state index in [1.807, 2.05) is 67.6 Å². The molecule has 3 aliphatic rings. The second kappa shape index (κ2) is 12.6. The number of carbonyl (C=O) groups is 1. The molecule has 0 aromatic heterocycles. The van der Waals surface area contributed by atoms with Gasteiger partial charge in [0.25, 0.3) is 5.91 Å². The molecule has 2 unspecified atom stereocenters. The summed E-state index contributed by atoms with van der Waals surface area (Å²) < 4.78 is 27.9. The maximum absolute atomic E-state index is 12.3. The highest BCUT2D eigenvalue weighted by atomic mass is 28.4. The minimum Gasteiger partial charge on any atom is -0.408 e. The number of hydrogen-bond donors (Lipinski definition) is 3. The van der Waals surface area contributed by atoms with Crippen LogP contribution in [0.25, 0.3) is 0 Å². The van der Waals surface area contributed by atoms with Crippen molar-refractivity contribution >= 4 is 14.2 Å². The Morgan fingerprint density at radius 2 is 1.58 bits per heavy atom. The van der Waals surface area contributed by atoms with Crippen LogP contribution in [0.5, 0.6) is 0 Å². The van der Waals surface area contributed by atoms with E-state index < -0.39 is 43.8 Å². The molecule has 1 saturated heterocycles. The molecule has 1 aliphatic carbocycles. The Morgan fingerprint density at radius 3 is 2.13 bits per heavy atom. The Balaban J connectivity index is 1.60. The van der Waals surface area contributed by atoms with Crippen molar-refractivity contribution in [1.82, 2.24) is 10.2 Å². The highest BCUT2D eigenvalue weighted by molar-refractivity contribution is 6.74. The zero-order chi connectivity index (χ0) is 32.7. The van der Waals surface area contributed by atoms with Crippen LogP contribution in [0.3, 0.4) is 0 Å². The van der Waals surface area contributed by atoms with E-state index in [1.54, 1.807) is 13.1 Å². The van der Waals surface area contributed by atoms with Gasteiger partial charge in [0.1, 0.15) is 11.7 Å². The smallest absolute Gasteiger partial charge is 0.251 e. The van der Waals surface area contributed by atoms with Gasteiger partial charge in [-0.05, 0) is 55.9 Å². The van der Waals surface area contributed by atoms with Gasteiger partial charge in [-0.25, -0.2) is 0 Å². The Kier molecular flexibility index (Phi) is 9.43. The normalized spacial score (nSPS) is 30.1.